The van der Waals surface area contributed by atoms with Crippen LogP contribution in [0.1, 0.15) is 28.3 Å². The first-order chi connectivity index (χ1) is 12.4. The molecule has 1 unspecified atom stereocenters. The molecule has 0 amide bonds. The lowest BCUT2D eigenvalue weighted by atomic mass is 9.86. The molecule has 2 nitrogen and oxygen atoms in total. The number of benzene rings is 3. The first kappa shape index (κ1) is 14.5. The van der Waals surface area contributed by atoms with Gasteiger partial charge in [0.2, 0.25) is 0 Å². The van der Waals surface area contributed by atoms with Crippen LogP contribution in [0.5, 0.6) is 0 Å². The summed E-state index contributed by atoms with van der Waals surface area (Å²) < 4.78 is 0. The van der Waals surface area contributed by atoms with E-state index in [4.69, 9.17) is 0 Å². The molecule has 1 aliphatic rings. The van der Waals surface area contributed by atoms with Gasteiger partial charge >= 0.3 is 0 Å². The lowest BCUT2D eigenvalue weighted by molar-refractivity contribution is 0.570. The van der Waals surface area contributed by atoms with E-state index in [1.165, 1.54) is 44.1 Å². The van der Waals surface area contributed by atoms with Crippen molar-refractivity contribution >= 4 is 27.9 Å². The second-order valence-electron chi connectivity index (χ2n) is 6.70. The van der Waals surface area contributed by atoms with Gasteiger partial charge in [-0.25, -0.2) is 0 Å². The Kier molecular flexibility index (Phi) is 3.25. The van der Waals surface area contributed by atoms with E-state index < -0.39 is 0 Å². The van der Waals surface area contributed by atoms with Crippen molar-refractivity contribution in [2.24, 2.45) is 0 Å². The van der Waals surface area contributed by atoms with Crippen LogP contribution in [0.15, 0.2) is 67.2 Å². The fourth-order valence-corrected chi connectivity index (χ4v) is 4.21. The third-order valence-corrected chi connectivity index (χ3v) is 5.37. The average Bonchev–Trinajstić information content (AvgIpc) is 3.05. The maximum atomic E-state index is 4.06. The fourth-order valence-electron chi connectivity index (χ4n) is 4.21. The minimum atomic E-state index is 0.190. The number of hydrogen-bond acceptors (Lipinski definition) is 1. The smallest absolute Gasteiger partial charge is 0.0606 e. The minimum Gasteiger partial charge on any atom is -0.354 e. The highest BCUT2D eigenvalue weighted by molar-refractivity contribution is 6.09. The standard InChI is InChI=1S/C23H20N2/c1-2-15-11-12-19-18-9-5-6-10-20(18)25-23(19)21(15)22-17-8-4-3-7-16(17)13-14-24-22/h2-12,22,24-25H,1,13-14H2. The highest BCUT2D eigenvalue weighted by atomic mass is 14.9. The Balaban J connectivity index is 1.85. The van der Waals surface area contributed by atoms with Crippen LogP contribution in [0.4, 0.5) is 0 Å². The van der Waals surface area contributed by atoms with Gasteiger partial charge in [0.05, 0.1) is 11.6 Å². The number of H-pyrrole nitrogens is 1. The van der Waals surface area contributed by atoms with Crippen LogP contribution in [0.25, 0.3) is 27.9 Å². The van der Waals surface area contributed by atoms with Gasteiger partial charge in [-0.05, 0) is 29.2 Å². The molecule has 1 aromatic heterocycles. The molecule has 0 saturated carbocycles. The van der Waals surface area contributed by atoms with E-state index in [-0.39, 0.29) is 6.04 Å². The van der Waals surface area contributed by atoms with Crippen molar-refractivity contribution in [2.45, 2.75) is 12.5 Å². The molecule has 0 radical (unpaired) electrons. The molecule has 2 heteroatoms. The zero-order chi connectivity index (χ0) is 16.8. The summed E-state index contributed by atoms with van der Waals surface area (Å²) >= 11 is 0. The summed E-state index contributed by atoms with van der Waals surface area (Å²) in [4.78, 5) is 3.66. The third kappa shape index (κ3) is 2.15. The molecule has 0 spiro atoms. The number of aromatic amines is 1. The van der Waals surface area contributed by atoms with E-state index in [0.29, 0.717) is 0 Å². The van der Waals surface area contributed by atoms with Gasteiger partial charge in [0.25, 0.3) is 0 Å². The monoisotopic (exact) mass is 324 g/mol. The van der Waals surface area contributed by atoms with Crippen molar-refractivity contribution in [1.82, 2.24) is 10.3 Å². The molecule has 0 aliphatic carbocycles. The summed E-state index contributed by atoms with van der Waals surface area (Å²) in [6.07, 6.45) is 3.05. The Labute approximate surface area is 147 Å². The molecule has 0 saturated heterocycles. The van der Waals surface area contributed by atoms with Crippen LogP contribution >= 0.6 is 0 Å². The maximum Gasteiger partial charge on any atom is 0.0606 e. The Hall–Kier alpha value is -2.84. The normalized spacial score (nSPS) is 16.9. The number of rotatable bonds is 2. The molecule has 4 aromatic rings. The predicted molar refractivity (Wildman–Crippen MR) is 106 cm³/mol. The van der Waals surface area contributed by atoms with Gasteiger partial charge in [0.15, 0.2) is 0 Å². The number of nitrogens with one attached hydrogen (secondary N) is 2. The summed E-state index contributed by atoms with van der Waals surface area (Å²) in [5.41, 5.74) is 7.71. The summed E-state index contributed by atoms with van der Waals surface area (Å²) in [6, 6.07) is 21.9. The molecular formula is C23H20N2. The van der Waals surface area contributed by atoms with Gasteiger partial charge in [0, 0.05) is 28.4 Å². The van der Waals surface area contributed by atoms with Crippen LogP contribution in [0.2, 0.25) is 0 Å². The SMILES string of the molecule is C=Cc1ccc2c([nH]c3ccccc32)c1C1NCCc2ccccc21. The molecule has 5 rings (SSSR count). The van der Waals surface area contributed by atoms with Gasteiger partial charge in [-0.3, -0.25) is 0 Å². The van der Waals surface area contributed by atoms with E-state index in [0.717, 1.165) is 13.0 Å². The van der Waals surface area contributed by atoms with E-state index >= 15 is 0 Å². The topological polar surface area (TPSA) is 27.8 Å². The zero-order valence-electron chi connectivity index (χ0n) is 14.0. The lowest BCUT2D eigenvalue weighted by Gasteiger charge is -2.29. The van der Waals surface area contributed by atoms with E-state index in [9.17, 15) is 0 Å². The fraction of sp³-hybridized carbons (Fsp3) is 0.130. The van der Waals surface area contributed by atoms with Crippen molar-refractivity contribution in [1.29, 1.82) is 0 Å². The molecule has 0 bridgehead atoms. The molecule has 122 valence electrons. The molecule has 0 fully saturated rings. The summed E-state index contributed by atoms with van der Waals surface area (Å²) in [7, 11) is 0. The van der Waals surface area contributed by atoms with E-state index in [1.54, 1.807) is 0 Å². The van der Waals surface area contributed by atoms with E-state index in [1.807, 2.05) is 6.08 Å². The van der Waals surface area contributed by atoms with E-state index in [2.05, 4.69) is 77.5 Å². The van der Waals surface area contributed by atoms with Gasteiger partial charge in [-0.1, -0.05) is 67.3 Å². The second kappa shape index (κ2) is 5.61. The maximum absolute atomic E-state index is 4.06. The molecular weight excluding hydrogens is 304 g/mol. The van der Waals surface area contributed by atoms with Crippen LogP contribution in [0.3, 0.4) is 0 Å². The zero-order valence-corrected chi connectivity index (χ0v) is 14.0. The number of fused-ring (bicyclic) bond motifs is 4. The highest BCUT2D eigenvalue weighted by Gasteiger charge is 2.25. The Morgan fingerprint density at radius 3 is 2.68 bits per heavy atom. The quantitative estimate of drug-likeness (QED) is 0.521. The second-order valence-corrected chi connectivity index (χ2v) is 6.70. The van der Waals surface area contributed by atoms with Crippen LogP contribution in [-0.2, 0) is 6.42 Å². The number of hydrogen-bond donors (Lipinski definition) is 2. The lowest BCUT2D eigenvalue weighted by Crippen LogP contribution is -2.31. The summed E-state index contributed by atoms with van der Waals surface area (Å²) in [5, 5.41) is 6.29. The highest BCUT2D eigenvalue weighted by Crippen LogP contribution is 2.37. The number of aromatic nitrogens is 1. The van der Waals surface area contributed by atoms with Crippen molar-refractivity contribution in [3.05, 3.63) is 89.5 Å². The van der Waals surface area contributed by atoms with Crippen LogP contribution in [0, 0.1) is 0 Å². The van der Waals surface area contributed by atoms with Gasteiger partial charge < -0.3 is 10.3 Å². The van der Waals surface area contributed by atoms with Crippen molar-refractivity contribution in [3.63, 3.8) is 0 Å². The van der Waals surface area contributed by atoms with Crippen molar-refractivity contribution in [3.8, 4) is 0 Å². The largest absolute Gasteiger partial charge is 0.354 e. The van der Waals surface area contributed by atoms with Crippen molar-refractivity contribution in [2.75, 3.05) is 6.54 Å². The minimum absolute atomic E-state index is 0.190. The first-order valence-corrected chi connectivity index (χ1v) is 8.84. The van der Waals surface area contributed by atoms with Crippen molar-refractivity contribution < 1.29 is 0 Å². The van der Waals surface area contributed by atoms with Crippen LogP contribution < -0.4 is 5.32 Å². The Bertz CT molecular complexity index is 1100. The predicted octanol–water partition coefficient (Wildman–Crippen LogP) is 5.20. The third-order valence-electron chi connectivity index (χ3n) is 5.37. The molecule has 2 heterocycles. The molecule has 3 aromatic carbocycles. The average molecular weight is 324 g/mol. The molecule has 25 heavy (non-hydrogen) atoms. The molecule has 1 atom stereocenters. The summed E-state index contributed by atoms with van der Waals surface area (Å²) in [6.45, 7) is 5.06. The molecule has 1 aliphatic heterocycles. The van der Waals surface area contributed by atoms with Gasteiger partial charge in [0.1, 0.15) is 0 Å². The Morgan fingerprint density at radius 1 is 0.920 bits per heavy atom. The molecule has 2 N–H and O–H groups in total. The first-order valence-electron chi connectivity index (χ1n) is 8.84. The Morgan fingerprint density at radius 2 is 1.76 bits per heavy atom. The summed E-state index contributed by atoms with van der Waals surface area (Å²) in [5.74, 6) is 0. The van der Waals surface area contributed by atoms with Gasteiger partial charge in [-0.15, -0.1) is 0 Å². The van der Waals surface area contributed by atoms with Gasteiger partial charge in [-0.2, -0.15) is 0 Å². The van der Waals surface area contributed by atoms with Crippen LogP contribution in [-0.4, -0.2) is 11.5 Å². The number of para-hydroxylation sites is 1.